The second kappa shape index (κ2) is 6.46. The molecule has 136 valence electrons. The molecule has 1 aromatic heterocycles. The highest BCUT2D eigenvalue weighted by atomic mass is 35.5. The molecule has 1 heterocycles. The number of amides is 1. The molecule has 0 unspecified atom stereocenters. The van der Waals surface area contributed by atoms with Gasteiger partial charge in [-0.3, -0.25) is 4.79 Å². The van der Waals surface area contributed by atoms with Gasteiger partial charge in [-0.15, -0.1) is 0 Å². The van der Waals surface area contributed by atoms with Gasteiger partial charge in [0.05, 0.1) is 4.90 Å². The molecule has 2 rings (SSSR count). The van der Waals surface area contributed by atoms with Crippen molar-refractivity contribution in [3.63, 3.8) is 0 Å². The summed E-state index contributed by atoms with van der Waals surface area (Å²) in [6.07, 6.45) is 0. The Kier molecular flexibility index (Phi) is 5.03. The molecule has 1 aromatic carbocycles. The molecule has 0 atom stereocenters. The van der Waals surface area contributed by atoms with Crippen molar-refractivity contribution in [3.8, 4) is 0 Å². The van der Waals surface area contributed by atoms with Crippen LogP contribution >= 0.6 is 11.6 Å². The molecule has 0 radical (unpaired) electrons. The van der Waals surface area contributed by atoms with E-state index in [1.165, 1.54) is 38.1 Å². The largest absolute Gasteiger partial charge is 0.359 e. The number of halogens is 1. The summed E-state index contributed by atoms with van der Waals surface area (Å²) >= 11 is 5.79. The number of carbonyl (C=O) groups excluding carboxylic acids is 1. The average molecular weight is 385 g/mol. The van der Waals surface area contributed by atoms with Gasteiger partial charge < -0.3 is 9.84 Å². The third-order valence-corrected chi connectivity index (χ3v) is 6.51. The highest BCUT2D eigenvalue weighted by Gasteiger charge is 2.43. The molecule has 2 aromatic rings. The second-order valence-corrected chi connectivity index (χ2v) is 10.2. The van der Waals surface area contributed by atoms with Gasteiger partial charge in [-0.25, -0.2) is 8.42 Å². The fraction of sp³-hybridized carbons (Fsp3) is 0.412. The monoisotopic (exact) mass is 384 g/mol. The van der Waals surface area contributed by atoms with Crippen LogP contribution in [0.4, 0.5) is 5.82 Å². The summed E-state index contributed by atoms with van der Waals surface area (Å²) in [6, 6.07) is 7.27. The lowest BCUT2D eigenvalue weighted by Gasteiger charge is -2.23. The van der Waals surface area contributed by atoms with Crippen LogP contribution in [-0.2, 0) is 20.0 Å². The molecule has 0 fully saturated rings. The van der Waals surface area contributed by atoms with E-state index in [2.05, 4.69) is 10.5 Å². The van der Waals surface area contributed by atoms with E-state index in [9.17, 15) is 13.2 Å². The van der Waals surface area contributed by atoms with Gasteiger partial charge in [0.15, 0.2) is 15.7 Å². The third kappa shape index (κ3) is 3.88. The first-order valence-electron chi connectivity index (χ1n) is 7.64. The summed E-state index contributed by atoms with van der Waals surface area (Å²) in [5.74, 6) is 0.0617. The Morgan fingerprint density at radius 3 is 2.16 bits per heavy atom. The Morgan fingerprint density at radius 1 is 1.12 bits per heavy atom. The summed E-state index contributed by atoms with van der Waals surface area (Å²) in [4.78, 5) is 12.6. The normalized spacial score (nSPS) is 12.9. The molecule has 0 aliphatic carbocycles. The Bertz CT molecular complexity index is 878. The van der Waals surface area contributed by atoms with Crippen molar-refractivity contribution >= 4 is 33.2 Å². The highest BCUT2D eigenvalue weighted by molar-refractivity contribution is 7.93. The molecule has 1 amide bonds. The van der Waals surface area contributed by atoms with Gasteiger partial charge >= 0.3 is 0 Å². The average Bonchev–Trinajstić information content (AvgIpc) is 2.96. The van der Waals surface area contributed by atoms with Crippen LogP contribution < -0.4 is 5.32 Å². The fourth-order valence-electron chi connectivity index (χ4n) is 1.98. The van der Waals surface area contributed by atoms with E-state index in [0.29, 0.717) is 10.8 Å². The lowest BCUT2D eigenvalue weighted by atomic mass is 9.93. The first-order chi connectivity index (χ1) is 11.4. The van der Waals surface area contributed by atoms with Crippen molar-refractivity contribution in [2.75, 3.05) is 5.32 Å². The quantitative estimate of drug-likeness (QED) is 0.865. The van der Waals surface area contributed by atoms with Crippen LogP contribution in [0.1, 0.15) is 40.4 Å². The van der Waals surface area contributed by atoms with E-state index < -0.39 is 20.5 Å². The number of nitrogens with zero attached hydrogens (tertiary/aromatic N) is 1. The van der Waals surface area contributed by atoms with Crippen LogP contribution in [0.25, 0.3) is 0 Å². The predicted octanol–water partition coefficient (Wildman–Crippen LogP) is 3.82. The molecule has 8 heteroatoms. The summed E-state index contributed by atoms with van der Waals surface area (Å²) in [5.41, 5.74) is -0.277. The SMILES string of the molecule is CC(C)(C)c1cc(NC(=O)C(C)(C)S(=O)(=O)c2ccc(Cl)cc2)no1. The van der Waals surface area contributed by atoms with E-state index in [1.54, 1.807) is 6.07 Å². The molecule has 0 aliphatic rings. The minimum Gasteiger partial charge on any atom is -0.359 e. The zero-order valence-electron chi connectivity index (χ0n) is 14.8. The number of benzene rings is 1. The minimum absolute atomic E-state index is 0.0209. The van der Waals surface area contributed by atoms with Gasteiger partial charge in [0.2, 0.25) is 5.91 Å². The van der Waals surface area contributed by atoms with Crippen LogP contribution in [-0.4, -0.2) is 24.2 Å². The molecule has 0 aliphatic heterocycles. The number of aromatic nitrogens is 1. The molecule has 0 saturated carbocycles. The summed E-state index contributed by atoms with van der Waals surface area (Å²) in [6.45, 7) is 8.50. The van der Waals surface area contributed by atoms with Crippen LogP contribution in [0.2, 0.25) is 5.02 Å². The van der Waals surface area contributed by atoms with Crippen LogP contribution in [0.15, 0.2) is 39.8 Å². The molecular weight excluding hydrogens is 364 g/mol. The van der Waals surface area contributed by atoms with Gasteiger partial charge in [-0.05, 0) is 38.1 Å². The minimum atomic E-state index is -3.93. The zero-order valence-corrected chi connectivity index (χ0v) is 16.3. The van der Waals surface area contributed by atoms with Gasteiger partial charge in [0, 0.05) is 16.5 Å². The zero-order chi connectivity index (χ0) is 19.0. The molecule has 0 bridgehead atoms. The van der Waals surface area contributed by atoms with E-state index in [1.807, 2.05) is 20.8 Å². The number of sulfone groups is 1. The van der Waals surface area contributed by atoms with Crippen LogP contribution in [0.5, 0.6) is 0 Å². The maximum absolute atomic E-state index is 12.8. The highest BCUT2D eigenvalue weighted by Crippen LogP contribution is 2.29. The van der Waals surface area contributed by atoms with Gasteiger partial charge in [-0.1, -0.05) is 37.5 Å². The molecule has 0 spiro atoms. The molecule has 0 saturated heterocycles. The number of carbonyl (C=O) groups is 1. The molecule has 6 nitrogen and oxygen atoms in total. The Labute approximate surface area is 152 Å². The second-order valence-electron chi connectivity index (χ2n) is 7.25. The topological polar surface area (TPSA) is 89.3 Å². The summed E-state index contributed by atoms with van der Waals surface area (Å²) in [7, 11) is -3.93. The van der Waals surface area contributed by atoms with E-state index in [4.69, 9.17) is 16.1 Å². The Balaban J connectivity index is 2.27. The van der Waals surface area contributed by atoms with Crippen molar-refractivity contribution in [2.45, 2.75) is 49.7 Å². The predicted molar refractivity (Wildman–Crippen MR) is 96.5 cm³/mol. The van der Waals surface area contributed by atoms with Gasteiger partial charge in [0.25, 0.3) is 0 Å². The number of hydrogen-bond donors (Lipinski definition) is 1. The fourth-order valence-corrected chi connectivity index (χ4v) is 3.49. The van der Waals surface area contributed by atoms with Crippen molar-refractivity contribution in [3.05, 3.63) is 41.1 Å². The van der Waals surface area contributed by atoms with E-state index in [0.717, 1.165) is 0 Å². The lowest BCUT2D eigenvalue weighted by molar-refractivity contribution is -0.117. The number of rotatable bonds is 4. The Hall–Kier alpha value is -1.86. The summed E-state index contributed by atoms with van der Waals surface area (Å²) in [5, 5.41) is 6.71. The number of nitrogens with one attached hydrogen (secondary N) is 1. The standard InChI is InChI=1S/C17H21ClN2O4S/c1-16(2,3)13-10-14(20-24-13)19-15(21)17(4,5)25(22,23)12-8-6-11(18)7-9-12/h6-10H,1-5H3,(H,19,20,21). The first kappa shape index (κ1) is 19.5. The molecule has 25 heavy (non-hydrogen) atoms. The summed E-state index contributed by atoms with van der Waals surface area (Å²) < 4.78 is 29.1. The van der Waals surface area contributed by atoms with Crippen molar-refractivity contribution < 1.29 is 17.7 Å². The van der Waals surface area contributed by atoms with Crippen molar-refractivity contribution in [1.82, 2.24) is 5.16 Å². The van der Waals surface area contributed by atoms with Crippen molar-refractivity contribution in [2.24, 2.45) is 0 Å². The first-order valence-corrected chi connectivity index (χ1v) is 9.50. The van der Waals surface area contributed by atoms with E-state index in [-0.39, 0.29) is 16.1 Å². The molecular formula is C17H21ClN2O4S. The Morgan fingerprint density at radius 2 is 1.68 bits per heavy atom. The van der Waals surface area contributed by atoms with Gasteiger partial charge in [-0.2, -0.15) is 0 Å². The van der Waals surface area contributed by atoms with E-state index >= 15 is 0 Å². The smallest absolute Gasteiger partial charge is 0.246 e. The maximum Gasteiger partial charge on any atom is 0.246 e. The maximum atomic E-state index is 12.8. The van der Waals surface area contributed by atoms with Gasteiger partial charge in [0.1, 0.15) is 10.5 Å². The van der Waals surface area contributed by atoms with Crippen LogP contribution in [0.3, 0.4) is 0 Å². The van der Waals surface area contributed by atoms with Crippen LogP contribution in [0, 0.1) is 0 Å². The van der Waals surface area contributed by atoms with Crippen molar-refractivity contribution in [1.29, 1.82) is 0 Å². The number of anilines is 1. The lowest BCUT2D eigenvalue weighted by Crippen LogP contribution is -2.44. The third-order valence-electron chi connectivity index (χ3n) is 3.83. The molecule has 1 N–H and O–H groups in total. The number of hydrogen-bond acceptors (Lipinski definition) is 5.